The molecule has 0 radical (unpaired) electrons. The van der Waals surface area contributed by atoms with Gasteiger partial charge in [0.05, 0.1) is 18.9 Å². The van der Waals surface area contributed by atoms with Crippen LogP contribution in [0.25, 0.3) is 0 Å². The molecule has 1 saturated carbocycles. The average Bonchev–Trinajstić information content (AvgIpc) is 3.15. The number of morpholine rings is 1. The van der Waals surface area contributed by atoms with Crippen molar-refractivity contribution >= 4 is 11.6 Å². The van der Waals surface area contributed by atoms with Crippen molar-refractivity contribution < 1.29 is 13.9 Å². The summed E-state index contributed by atoms with van der Waals surface area (Å²) in [6.07, 6.45) is 4.17. The van der Waals surface area contributed by atoms with E-state index in [1.165, 1.54) is 6.07 Å². The second-order valence-electron chi connectivity index (χ2n) is 6.63. The highest BCUT2D eigenvalue weighted by molar-refractivity contribution is 6.00. The van der Waals surface area contributed by atoms with Crippen LogP contribution in [0.5, 0.6) is 0 Å². The molecule has 4 rings (SSSR count). The Morgan fingerprint density at radius 2 is 2.18 bits per heavy atom. The van der Waals surface area contributed by atoms with Crippen LogP contribution in [0.15, 0.2) is 18.2 Å². The van der Waals surface area contributed by atoms with Gasteiger partial charge >= 0.3 is 0 Å². The van der Waals surface area contributed by atoms with Gasteiger partial charge in [0.25, 0.3) is 0 Å². The van der Waals surface area contributed by atoms with Crippen LogP contribution < -0.4 is 10.2 Å². The highest BCUT2D eigenvalue weighted by Crippen LogP contribution is 2.51. The summed E-state index contributed by atoms with van der Waals surface area (Å²) in [4.78, 5) is 14.7. The Morgan fingerprint density at radius 3 is 2.91 bits per heavy atom. The van der Waals surface area contributed by atoms with Gasteiger partial charge < -0.3 is 15.0 Å². The van der Waals surface area contributed by atoms with Gasteiger partial charge in [-0.2, -0.15) is 0 Å². The lowest BCUT2D eigenvalue weighted by atomic mass is 9.80. The quantitative estimate of drug-likeness (QED) is 0.862. The van der Waals surface area contributed by atoms with Gasteiger partial charge in [-0.15, -0.1) is 0 Å². The number of anilines is 1. The van der Waals surface area contributed by atoms with Crippen molar-refractivity contribution in [3.05, 3.63) is 29.6 Å². The number of rotatable bonds is 1. The van der Waals surface area contributed by atoms with Crippen LogP contribution in [0, 0.1) is 5.82 Å². The number of benzene rings is 1. The van der Waals surface area contributed by atoms with Crippen LogP contribution in [0.3, 0.4) is 0 Å². The van der Waals surface area contributed by atoms with Gasteiger partial charge in [0.2, 0.25) is 5.91 Å². The van der Waals surface area contributed by atoms with E-state index in [9.17, 15) is 9.18 Å². The van der Waals surface area contributed by atoms with Crippen molar-refractivity contribution in [1.82, 2.24) is 5.32 Å². The molecule has 1 N–H and O–H groups in total. The topological polar surface area (TPSA) is 41.6 Å². The fourth-order valence-corrected chi connectivity index (χ4v) is 4.30. The normalized spacial score (nSPS) is 26.4. The maximum atomic E-state index is 14.5. The summed E-state index contributed by atoms with van der Waals surface area (Å²) in [5.74, 6) is -0.155. The summed E-state index contributed by atoms with van der Waals surface area (Å²) < 4.78 is 19.9. The number of fused-ring (bicyclic) bond motifs is 2. The summed E-state index contributed by atoms with van der Waals surface area (Å²) in [5, 5.41) is 3.21. The standard InChI is InChI=1S/C17H21FN2O2/c18-12-4-3-5-14-15(12)17(6-1-2-7-17)11-20(14)16(21)13-10-22-9-8-19-13/h3-5,13,19H,1-2,6-11H2. The Bertz CT molecular complexity index is 592. The summed E-state index contributed by atoms with van der Waals surface area (Å²) >= 11 is 0. The molecule has 4 nitrogen and oxygen atoms in total. The van der Waals surface area contributed by atoms with E-state index in [0.29, 0.717) is 26.3 Å². The molecule has 0 bridgehead atoms. The molecule has 2 fully saturated rings. The van der Waals surface area contributed by atoms with Crippen LogP contribution >= 0.6 is 0 Å². The molecule has 0 aromatic heterocycles. The molecular weight excluding hydrogens is 283 g/mol. The first-order chi connectivity index (χ1) is 10.7. The van der Waals surface area contributed by atoms with E-state index in [4.69, 9.17) is 4.74 Å². The van der Waals surface area contributed by atoms with Gasteiger partial charge in [0.1, 0.15) is 11.9 Å². The van der Waals surface area contributed by atoms with E-state index in [0.717, 1.165) is 36.9 Å². The Balaban J connectivity index is 1.70. The molecule has 1 aliphatic carbocycles. The number of ether oxygens (including phenoxy) is 1. The number of amides is 1. The van der Waals surface area contributed by atoms with E-state index >= 15 is 0 Å². The molecule has 1 aromatic rings. The molecule has 1 aromatic carbocycles. The Labute approximate surface area is 129 Å². The molecule has 3 aliphatic rings. The third-order valence-corrected chi connectivity index (χ3v) is 5.32. The van der Waals surface area contributed by atoms with E-state index in [1.54, 1.807) is 11.0 Å². The largest absolute Gasteiger partial charge is 0.378 e. The molecule has 1 atom stereocenters. The van der Waals surface area contributed by atoms with Gasteiger partial charge in [0, 0.05) is 24.1 Å². The van der Waals surface area contributed by atoms with Crippen molar-refractivity contribution in [3.63, 3.8) is 0 Å². The third-order valence-electron chi connectivity index (χ3n) is 5.32. The molecule has 118 valence electrons. The molecule has 5 heteroatoms. The van der Waals surface area contributed by atoms with E-state index in [1.807, 2.05) is 6.07 Å². The highest BCUT2D eigenvalue weighted by atomic mass is 19.1. The summed E-state index contributed by atoms with van der Waals surface area (Å²) in [6, 6.07) is 4.79. The predicted molar refractivity (Wildman–Crippen MR) is 81.5 cm³/mol. The number of carbonyl (C=O) groups excluding carboxylic acids is 1. The Morgan fingerprint density at radius 1 is 1.36 bits per heavy atom. The van der Waals surface area contributed by atoms with Gasteiger partial charge in [-0.1, -0.05) is 18.9 Å². The lowest BCUT2D eigenvalue weighted by Gasteiger charge is -2.29. The maximum Gasteiger partial charge on any atom is 0.246 e. The third kappa shape index (κ3) is 2.07. The van der Waals surface area contributed by atoms with E-state index in [2.05, 4.69) is 5.32 Å². The molecule has 1 spiro atoms. The first kappa shape index (κ1) is 14.2. The second-order valence-corrected chi connectivity index (χ2v) is 6.63. The van der Waals surface area contributed by atoms with E-state index in [-0.39, 0.29) is 23.2 Å². The monoisotopic (exact) mass is 304 g/mol. The van der Waals surface area contributed by atoms with Gasteiger partial charge in [0.15, 0.2) is 0 Å². The minimum atomic E-state index is -0.318. The molecule has 22 heavy (non-hydrogen) atoms. The first-order valence-corrected chi connectivity index (χ1v) is 8.13. The minimum Gasteiger partial charge on any atom is -0.378 e. The van der Waals surface area contributed by atoms with Crippen LogP contribution in [-0.2, 0) is 14.9 Å². The highest BCUT2D eigenvalue weighted by Gasteiger charge is 2.48. The molecule has 1 amide bonds. The molecule has 2 aliphatic heterocycles. The first-order valence-electron chi connectivity index (χ1n) is 8.13. The van der Waals surface area contributed by atoms with Crippen LogP contribution in [0.4, 0.5) is 10.1 Å². The Kier molecular flexibility index (Phi) is 3.42. The molecule has 1 saturated heterocycles. The van der Waals surface area contributed by atoms with Crippen molar-refractivity contribution in [2.24, 2.45) is 0 Å². The summed E-state index contributed by atoms with van der Waals surface area (Å²) in [5.41, 5.74) is 1.35. The Hall–Kier alpha value is -1.46. The number of nitrogens with one attached hydrogen (secondary N) is 1. The van der Waals surface area contributed by atoms with Crippen molar-refractivity contribution in [2.45, 2.75) is 37.1 Å². The second kappa shape index (κ2) is 5.32. The minimum absolute atomic E-state index is 0.00956. The fourth-order valence-electron chi connectivity index (χ4n) is 4.30. The van der Waals surface area contributed by atoms with E-state index < -0.39 is 0 Å². The zero-order valence-corrected chi connectivity index (χ0v) is 12.6. The summed E-state index contributed by atoms with van der Waals surface area (Å²) in [6.45, 7) is 2.33. The zero-order valence-electron chi connectivity index (χ0n) is 12.6. The number of hydrogen-bond donors (Lipinski definition) is 1. The van der Waals surface area contributed by atoms with Gasteiger partial charge in [-0.3, -0.25) is 4.79 Å². The molecular formula is C17H21FN2O2. The number of nitrogens with zero attached hydrogens (tertiary/aromatic N) is 1. The maximum absolute atomic E-state index is 14.5. The van der Waals surface area contributed by atoms with Gasteiger partial charge in [-0.05, 0) is 25.0 Å². The van der Waals surface area contributed by atoms with Gasteiger partial charge in [-0.25, -0.2) is 4.39 Å². The van der Waals surface area contributed by atoms with Crippen LogP contribution in [0.2, 0.25) is 0 Å². The smallest absolute Gasteiger partial charge is 0.246 e. The molecule has 2 heterocycles. The van der Waals surface area contributed by atoms with Crippen molar-refractivity contribution in [3.8, 4) is 0 Å². The van der Waals surface area contributed by atoms with Crippen LogP contribution in [-0.4, -0.2) is 38.3 Å². The number of hydrogen-bond acceptors (Lipinski definition) is 3. The predicted octanol–water partition coefficient (Wildman–Crippen LogP) is 1.97. The number of carbonyl (C=O) groups is 1. The van der Waals surface area contributed by atoms with Crippen molar-refractivity contribution in [1.29, 1.82) is 0 Å². The zero-order chi connectivity index (χ0) is 15.2. The molecule has 1 unspecified atom stereocenters. The fraction of sp³-hybridized carbons (Fsp3) is 0.588. The summed E-state index contributed by atoms with van der Waals surface area (Å²) in [7, 11) is 0. The average molecular weight is 304 g/mol. The SMILES string of the molecule is O=C(C1COCCN1)N1CC2(CCCC2)c2c(F)cccc21. The lowest BCUT2D eigenvalue weighted by molar-refractivity contribution is -0.123. The lowest BCUT2D eigenvalue weighted by Crippen LogP contribution is -2.53. The number of halogens is 1. The van der Waals surface area contributed by atoms with Crippen molar-refractivity contribution in [2.75, 3.05) is 31.2 Å². The van der Waals surface area contributed by atoms with Crippen LogP contribution in [0.1, 0.15) is 31.2 Å².